The van der Waals surface area contributed by atoms with Crippen molar-refractivity contribution >= 4 is 58.2 Å². The van der Waals surface area contributed by atoms with Crippen molar-refractivity contribution < 1.29 is 13.7 Å². The predicted molar refractivity (Wildman–Crippen MR) is 134 cm³/mol. The Morgan fingerprint density at radius 3 is 2.61 bits per heavy atom. The number of hydrogen-bond donors (Lipinski definition) is 0. The van der Waals surface area contributed by atoms with Gasteiger partial charge in [0.1, 0.15) is 5.75 Å². The maximum atomic E-state index is 6.00. The van der Waals surface area contributed by atoms with E-state index in [2.05, 4.69) is 59.4 Å². The van der Waals surface area contributed by atoms with Crippen LogP contribution in [0.5, 0.6) is 5.75 Å². The zero-order valence-corrected chi connectivity index (χ0v) is 19.9. The molecule has 0 bridgehead atoms. The van der Waals surface area contributed by atoms with Crippen LogP contribution in [0.3, 0.4) is 0 Å². The lowest BCUT2D eigenvalue weighted by molar-refractivity contribution is -0.646. The number of benzene rings is 2. The molecule has 5 rings (SSSR count). The summed E-state index contributed by atoms with van der Waals surface area (Å²) in [6.45, 7) is 0. The van der Waals surface area contributed by atoms with E-state index in [1.165, 1.54) is 0 Å². The molecule has 2 aromatic heterocycles. The minimum Gasteiger partial charge on any atom is -0.497 e. The van der Waals surface area contributed by atoms with Gasteiger partial charge in [0.25, 0.3) is 0 Å². The first-order valence-corrected chi connectivity index (χ1v) is 9.80. The Morgan fingerprint density at radius 2 is 1.87 bits per heavy atom. The number of nitrogens with zero attached hydrogens (tertiary/aromatic N) is 3. The van der Waals surface area contributed by atoms with Crippen LogP contribution in [0.1, 0.15) is 17.0 Å². The van der Waals surface area contributed by atoms with Crippen LogP contribution < -0.4 is 14.2 Å². The lowest BCUT2D eigenvalue weighted by Gasteiger charge is -2.30. The van der Waals surface area contributed by atoms with Crippen LogP contribution in [-0.2, 0) is 7.05 Å². The predicted octanol–water partition coefficient (Wildman–Crippen LogP) is 5.31. The first-order valence-electron chi connectivity index (χ1n) is 9.80. The third kappa shape index (κ3) is 3.83. The second-order valence-electron chi connectivity index (χ2n) is 7.30. The molecule has 0 radical (unpaired) electrons. The van der Waals surface area contributed by atoms with Crippen molar-refractivity contribution in [3.8, 4) is 5.75 Å². The number of hydrogen-bond acceptors (Lipinski definition) is 4. The van der Waals surface area contributed by atoms with E-state index in [4.69, 9.17) is 9.15 Å². The summed E-state index contributed by atoms with van der Waals surface area (Å²) in [5, 5.41) is 0. The van der Waals surface area contributed by atoms with E-state index in [0.717, 1.165) is 45.1 Å². The average Bonchev–Trinajstić information content (AvgIpc) is 3.20. The number of ether oxygens (including phenoxy) is 1. The number of fused-ring (bicyclic) bond motifs is 2. The summed E-state index contributed by atoms with van der Waals surface area (Å²) in [6.07, 6.45) is 6.15. The molecule has 156 valence electrons. The number of anilines is 1. The fourth-order valence-corrected chi connectivity index (χ4v) is 3.84. The molecule has 0 saturated heterocycles. The average molecular weight is 524 g/mol. The van der Waals surface area contributed by atoms with Crippen LogP contribution in [0.15, 0.2) is 77.4 Å². The van der Waals surface area contributed by atoms with Gasteiger partial charge in [0.15, 0.2) is 0 Å². The van der Waals surface area contributed by atoms with Gasteiger partial charge in [0, 0.05) is 35.4 Å². The Bertz CT molecular complexity index is 1310. The van der Waals surface area contributed by atoms with Gasteiger partial charge >= 0.3 is 11.5 Å². The Hall–Kier alpha value is -3.13. The number of allylic oxidation sites excluding steroid dienone is 2. The quantitative estimate of drug-likeness (QED) is 0.269. The minimum absolute atomic E-state index is 0. The van der Waals surface area contributed by atoms with Crippen molar-refractivity contribution in [1.29, 1.82) is 0 Å². The topological polar surface area (TPSA) is 42.4 Å². The van der Waals surface area contributed by atoms with Crippen LogP contribution in [0.25, 0.3) is 28.6 Å². The van der Waals surface area contributed by atoms with E-state index in [1.807, 2.05) is 48.2 Å². The molecular weight excluding hydrogens is 501 g/mol. The molecule has 4 aromatic rings. The van der Waals surface area contributed by atoms with E-state index in [0.29, 0.717) is 5.89 Å². The summed E-state index contributed by atoms with van der Waals surface area (Å²) < 4.78 is 13.4. The monoisotopic (exact) mass is 524 g/mol. The fourth-order valence-electron chi connectivity index (χ4n) is 3.84. The molecular formula is C25H23IN3O2+. The summed E-state index contributed by atoms with van der Waals surface area (Å²) in [7, 11) is 5.73. The highest BCUT2D eigenvalue weighted by Crippen LogP contribution is 2.41. The number of aromatic nitrogens is 2. The Morgan fingerprint density at radius 1 is 1.06 bits per heavy atom. The maximum absolute atomic E-state index is 6.00. The summed E-state index contributed by atoms with van der Waals surface area (Å²) in [4.78, 5) is 6.87. The summed E-state index contributed by atoms with van der Waals surface area (Å²) >= 11 is 0. The lowest BCUT2D eigenvalue weighted by Crippen LogP contribution is -2.28. The molecule has 0 saturated carbocycles. The Kier molecular flexibility index (Phi) is 5.82. The van der Waals surface area contributed by atoms with E-state index >= 15 is 0 Å². The second-order valence-corrected chi connectivity index (χ2v) is 7.30. The van der Waals surface area contributed by atoms with Gasteiger partial charge in [-0.15, -0.1) is 24.0 Å². The molecule has 0 atom stereocenters. The molecule has 1 aliphatic rings. The largest absolute Gasteiger partial charge is 0.497 e. The number of methoxy groups -OCH3 is 1. The zero-order valence-electron chi connectivity index (χ0n) is 17.6. The van der Waals surface area contributed by atoms with Gasteiger partial charge in [0.05, 0.1) is 26.0 Å². The normalized spacial score (nSPS) is 14.2. The molecule has 31 heavy (non-hydrogen) atoms. The molecule has 3 heterocycles. The number of rotatable bonds is 3. The number of oxazole rings is 1. The molecule has 0 spiro atoms. The number of halogens is 1. The molecule has 0 amide bonds. The number of pyridine rings is 1. The molecule has 0 fully saturated rings. The van der Waals surface area contributed by atoms with Gasteiger partial charge in [-0.3, -0.25) is 0 Å². The highest BCUT2D eigenvalue weighted by molar-refractivity contribution is 14.0. The molecule has 0 unspecified atom stereocenters. The van der Waals surface area contributed by atoms with Crippen molar-refractivity contribution in [1.82, 2.24) is 4.98 Å². The zero-order chi connectivity index (χ0) is 20.7. The number of aryl methyl sites for hydroxylation is 1. The van der Waals surface area contributed by atoms with Crippen molar-refractivity contribution in [2.45, 2.75) is 0 Å². The fraction of sp³-hybridized carbons (Fsp3) is 0.120. The molecule has 0 N–H and O–H groups in total. The Labute approximate surface area is 198 Å². The van der Waals surface area contributed by atoms with Crippen LogP contribution in [0.4, 0.5) is 5.69 Å². The van der Waals surface area contributed by atoms with Crippen molar-refractivity contribution in [3.63, 3.8) is 0 Å². The van der Waals surface area contributed by atoms with Gasteiger partial charge in [-0.25, -0.2) is 4.57 Å². The van der Waals surface area contributed by atoms with Crippen molar-refractivity contribution in [2.24, 2.45) is 7.05 Å². The van der Waals surface area contributed by atoms with E-state index in [-0.39, 0.29) is 24.0 Å². The molecule has 0 aliphatic carbocycles. The standard InChI is InChI=1S/C25H22N3O2.HI/c1-27-13-7-10-23-25(27)26-24(30-23)15-18-14-21(17-8-5-4-6-9-17)28(2)22-16-19(29-3)11-12-20(18)22;/h4-16H,1-3H3;1H/q+1;. The van der Waals surface area contributed by atoms with Crippen LogP contribution >= 0.6 is 24.0 Å². The van der Waals surface area contributed by atoms with Crippen LogP contribution in [-0.4, -0.2) is 19.1 Å². The first-order chi connectivity index (χ1) is 14.6. The maximum Gasteiger partial charge on any atom is 0.370 e. The summed E-state index contributed by atoms with van der Waals surface area (Å²) in [6, 6.07) is 20.4. The van der Waals surface area contributed by atoms with Crippen molar-refractivity contribution in [3.05, 3.63) is 90.0 Å². The highest BCUT2D eigenvalue weighted by atomic mass is 127. The van der Waals surface area contributed by atoms with Crippen molar-refractivity contribution in [2.75, 3.05) is 19.1 Å². The summed E-state index contributed by atoms with van der Waals surface area (Å²) in [5.74, 6) is 1.40. The molecule has 2 aromatic carbocycles. The highest BCUT2D eigenvalue weighted by Gasteiger charge is 2.23. The molecule has 5 nitrogen and oxygen atoms in total. The van der Waals surface area contributed by atoms with Crippen LogP contribution in [0.2, 0.25) is 0 Å². The van der Waals surface area contributed by atoms with Gasteiger partial charge in [-0.1, -0.05) is 30.3 Å². The third-order valence-electron chi connectivity index (χ3n) is 5.42. The van der Waals surface area contributed by atoms with Gasteiger partial charge in [-0.2, -0.15) is 0 Å². The van der Waals surface area contributed by atoms with Gasteiger partial charge < -0.3 is 14.1 Å². The smallest absolute Gasteiger partial charge is 0.370 e. The van der Waals surface area contributed by atoms with E-state index in [1.54, 1.807) is 7.11 Å². The summed E-state index contributed by atoms with van der Waals surface area (Å²) in [5.41, 5.74) is 7.04. The minimum atomic E-state index is 0. The van der Waals surface area contributed by atoms with Crippen LogP contribution in [0, 0.1) is 0 Å². The second kappa shape index (κ2) is 8.55. The Balaban J connectivity index is 0.00000231. The lowest BCUT2D eigenvalue weighted by atomic mass is 9.94. The van der Waals surface area contributed by atoms with E-state index in [9.17, 15) is 0 Å². The SMILES string of the molecule is COc1ccc2c(c1)N(C)C(c1ccccc1)=C/C2=C\c1nc2c(ccc[n+]2C)o1.I. The van der Waals surface area contributed by atoms with Gasteiger partial charge in [-0.05, 0) is 41.5 Å². The van der Waals surface area contributed by atoms with Gasteiger partial charge in [0.2, 0.25) is 5.58 Å². The molecule has 1 aliphatic heterocycles. The molecule has 6 heteroatoms. The first kappa shape index (κ1) is 21.1. The third-order valence-corrected chi connectivity index (χ3v) is 5.42. The van der Waals surface area contributed by atoms with E-state index < -0.39 is 0 Å².